The highest BCUT2D eigenvalue weighted by atomic mass is 19.1. The van der Waals surface area contributed by atoms with E-state index in [1.165, 1.54) is 18.2 Å². The number of hydrogen-bond donors (Lipinski definition) is 1. The van der Waals surface area contributed by atoms with Gasteiger partial charge >= 0.3 is 0 Å². The molecule has 0 aromatic heterocycles. The van der Waals surface area contributed by atoms with Gasteiger partial charge in [0, 0.05) is 11.3 Å². The summed E-state index contributed by atoms with van der Waals surface area (Å²) in [4.78, 5) is 12.1. The molecule has 0 spiro atoms. The van der Waals surface area contributed by atoms with Crippen LogP contribution in [0.15, 0.2) is 54.1 Å². The van der Waals surface area contributed by atoms with E-state index < -0.39 is 11.7 Å². The summed E-state index contributed by atoms with van der Waals surface area (Å²) >= 11 is 0. The molecule has 0 fully saturated rings. The summed E-state index contributed by atoms with van der Waals surface area (Å²) in [6.45, 7) is 2.04. The van der Waals surface area contributed by atoms with Crippen molar-refractivity contribution in [3.05, 3.63) is 71.0 Å². The molecule has 110 valence electrons. The minimum atomic E-state index is -0.560. The third-order valence-electron chi connectivity index (χ3n) is 3.19. The zero-order valence-corrected chi connectivity index (χ0v) is 12.1. The predicted molar refractivity (Wildman–Crippen MR) is 84.4 cm³/mol. The molecule has 0 heterocycles. The molecule has 4 heteroatoms. The van der Waals surface area contributed by atoms with Crippen LogP contribution in [0.2, 0.25) is 0 Å². The summed E-state index contributed by atoms with van der Waals surface area (Å²) in [5.74, 6) is -1.04. The van der Waals surface area contributed by atoms with Crippen molar-refractivity contribution in [3.63, 3.8) is 0 Å². The van der Waals surface area contributed by atoms with E-state index in [9.17, 15) is 9.18 Å². The Kier molecular flexibility index (Phi) is 5.05. The Morgan fingerprint density at radius 2 is 1.91 bits per heavy atom. The summed E-state index contributed by atoms with van der Waals surface area (Å²) in [5, 5.41) is 11.7. The zero-order valence-electron chi connectivity index (χ0n) is 12.1. The minimum absolute atomic E-state index is 0.148. The molecule has 3 nitrogen and oxygen atoms in total. The van der Waals surface area contributed by atoms with Gasteiger partial charge in [0.2, 0.25) is 0 Å². The lowest BCUT2D eigenvalue weighted by Gasteiger charge is -2.05. The number of rotatable bonds is 4. The highest BCUT2D eigenvalue weighted by Crippen LogP contribution is 2.14. The maximum atomic E-state index is 13.6. The average molecular weight is 294 g/mol. The normalized spacial score (nSPS) is 10.9. The SMILES string of the molecule is CCc1ccc(NC(=O)/C(C#N)=C/c2ccccc2F)cc1. The number of amides is 1. The Labute approximate surface area is 128 Å². The van der Waals surface area contributed by atoms with Crippen LogP contribution in [0, 0.1) is 17.1 Å². The molecule has 0 atom stereocenters. The highest BCUT2D eigenvalue weighted by molar-refractivity contribution is 6.09. The maximum absolute atomic E-state index is 13.6. The first kappa shape index (κ1) is 15.5. The molecule has 1 N–H and O–H groups in total. The smallest absolute Gasteiger partial charge is 0.266 e. The lowest BCUT2D eigenvalue weighted by molar-refractivity contribution is -0.112. The van der Waals surface area contributed by atoms with Gasteiger partial charge in [-0.1, -0.05) is 37.3 Å². The fourth-order valence-corrected chi connectivity index (χ4v) is 1.92. The number of nitriles is 1. The van der Waals surface area contributed by atoms with Gasteiger partial charge in [-0.25, -0.2) is 4.39 Å². The van der Waals surface area contributed by atoms with Crippen LogP contribution in [0.5, 0.6) is 0 Å². The van der Waals surface area contributed by atoms with Gasteiger partial charge in [0.05, 0.1) is 0 Å². The number of hydrogen-bond acceptors (Lipinski definition) is 2. The number of aryl methyl sites for hydroxylation is 1. The molecule has 0 aliphatic heterocycles. The number of carbonyl (C=O) groups is 1. The van der Waals surface area contributed by atoms with E-state index in [-0.39, 0.29) is 11.1 Å². The summed E-state index contributed by atoms with van der Waals surface area (Å²) in [7, 11) is 0. The van der Waals surface area contributed by atoms with Crippen molar-refractivity contribution in [1.29, 1.82) is 5.26 Å². The van der Waals surface area contributed by atoms with Crippen molar-refractivity contribution in [2.75, 3.05) is 5.32 Å². The van der Waals surface area contributed by atoms with Gasteiger partial charge in [-0.2, -0.15) is 5.26 Å². The second-order valence-electron chi connectivity index (χ2n) is 4.70. The van der Waals surface area contributed by atoms with Gasteiger partial charge in [-0.15, -0.1) is 0 Å². The van der Waals surface area contributed by atoms with Crippen LogP contribution < -0.4 is 5.32 Å². The number of benzene rings is 2. The maximum Gasteiger partial charge on any atom is 0.266 e. The lowest BCUT2D eigenvalue weighted by Crippen LogP contribution is -2.13. The van der Waals surface area contributed by atoms with E-state index in [4.69, 9.17) is 5.26 Å². The molecule has 2 aromatic rings. The monoisotopic (exact) mass is 294 g/mol. The van der Waals surface area contributed by atoms with Crippen LogP contribution >= 0.6 is 0 Å². The Morgan fingerprint density at radius 1 is 1.23 bits per heavy atom. The standard InChI is InChI=1S/C18H15FN2O/c1-2-13-7-9-16(10-8-13)21-18(22)15(12-20)11-14-5-3-4-6-17(14)19/h3-11H,2H2,1H3,(H,21,22)/b15-11+. The van der Waals surface area contributed by atoms with Crippen molar-refractivity contribution in [1.82, 2.24) is 0 Å². The van der Waals surface area contributed by atoms with E-state index >= 15 is 0 Å². The average Bonchev–Trinajstić information content (AvgIpc) is 2.54. The molecule has 2 aromatic carbocycles. The van der Waals surface area contributed by atoms with Crippen LogP contribution in [0.3, 0.4) is 0 Å². The van der Waals surface area contributed by atoms with Crippen molar-refractivity contribution in [3.8, 4) is 6.07 Å². The number of halogens is 1. The largest absolute Gasteiger partial charge is 0.321 e. The zero-order chi connectivity index (χ0) is 15.9. The van der Waals surface area contributed by atoms with Crippen LogP contribution in [-0.4, -0.2) is 5.91 Å². The van der Waals surface area contributed by atoms with E-state index in [0.29, 0.717) is 5.69 Å². The van der Waals surface area contributed by atoms with Gasteiger partial charge in [-0.3, -0.25) is 4.79 Å². The van der Waals surface area contributed by atoms with Crippen molar-refractivity contribution in [2.45, 2.75) is 13.3 Å². The molecular formula is C18H15FN2O. The third-order valence-corrected chi connectivity index (χ3v) is 3.19. The van der Waals surface area contributed by atoms with Gasteiger partial charge in [0.15, 0.2) is 0 Å². The second kappa shape index (κ2) is 7.19. The molecule has 1 amide bonds. The quantitative estimate of drug-likeness (QED) is 0.686. The summed E-state index contributed by atoms with van der Waals surface area (Å²) in [6.07, 6.45) is 2.15. The van der Waals surface area contributed by atoms with Crippen LogP contribution in [-0.2, 0) is 11.2 Å². The molecule has 0 bridgehead atoms. The van der Waals surface area contributed by atoms with E-state index in [1.54, 1.807) is 30.3 Å². The molecule has 22 heavy (non-hydrogen) atoms. The van der Waals surface area contributed by atoms with E-state index in [1.807, 2.05) is 19.1 Å². The van der Waals surface area contributed by atoms with Crippen molar-refractivity contribution in [2.24, 2.45) is 0 Å². The predicted octanol–water partition coefficient (Wildman–Crippen LogP) is 3.93. The molecule has 0 radical (unpaired) electrons. The molecule has 0 aliphatic carbocycles. The number of nitrogens with one attached hydrogen (secondary N) is 1. The van der Waals surface area contributed by atoms with Crippen LogP contribution in [0.1, 0.15) is 18.1 Å². The first-order chi connectivity index (χ1) is 10.6. The second-order valence-corrected chi connectivity index (χ2v) is 4.70. The third kappa shape index (κ3) is 3.80. The Bertz CT molecular complexity index is 742. The van der Waals surface area contributed by atoms with Crippen molar-refractivity contribution >= 4 is 17.7 Å². The van der Waals surface area contributed by atoms with Crippen LogP contribution in [0.4, 0.5) is 10.1 Å². The van der Waals surface area contributed by atoms with Gasteiger partial charge < -0.3 is 5.32 Å². The lowest BCUT2D eigenvalue weighted by atomic mass is 10.1. The van der Waals surface area contributed by atoms with Crippen molar-refractivity contribution < 1.29 is 9.18 Å². The molecule has 0 aliphatic rings. The molecule has 0 saturated heterocycles. The summed E-state index contributed by atoms with van der Waals surface area (Å²) in [6, 6.07) is 15.1. The first-order valence-electron chi connectivity index (χ1n) is 6.90. The summed E-state index contributed by atoms with van der Waals surface area (Å²) < 4.78 is 13.6. The molecular weight excluding hydrogens is 279 g/mol. The van der Waals surface area contributed by atoms with E-state index in [0.717, 1.165) is 12.0 Å². The number of anilines is 1. The molecule has 0 unspecified atom stereocenters. The van der Waals surface area contributed by atoms with Gasteiger partial charge in [0.1, 0.15) is 17.5 Å². The highest BCUT2D eigenvalue weighted by Gasteiger charge is 2.10. The topological polar surface area (TPSA) is 52.9 Å². The molecule has 2 rings (SSSR count). The Balaban J connectivity index is 2.19. The van der Waals surface area contributed by atoms with Gasteiger partial charge in [-0.05, 0) is 36.3 Å². The van der Waals surface area contributed by atoms with E-state index in [2.05, 4.69) is 5.32 Å². The van der Waals surface area contributed by atoms with Gasteiger partial charge in [0.25, 0.3) is 5.91 Å². The number of nitrogens with zero attached hydrogens (tertiary/aromatic N) is 1. The van der Waals surface area contributed by atoms with Crippen LogP contribution in [0.25, 0.3) is 6.08 Å². The Hall–Kier alpha value is -2.93. The Morgan fingerprint density at radius 3 is 2.50 bits per heavy atom. The minimum Gasteiger partial charge on any atom is -0.321 e. The fraction of sp³-hybridized carbons (Fsp3) is 0.111. The molecule has 0 saturated carbocycles. The fourth-order valence-electron chi connectivity index (χ4n) is 1.92. The summed E-state index contributed by atoms with van der Waals surface area (Å²) in [5.41, 5.74) is 1.80. The number of carbonyl (C=O) groups excluding carboxylic acids is 1. The first-order valence-corrected chi connectivity index (χ1v) is 6.90.